The third kappa shape index (κ3) is 3.28. The summed E-state index contributed by atoms with van der Waals surface area (Å²) in [5.74, 6) is 1.01. The number of nitrogens with two attached hydrogens (primary N) is 1. The first-order valence-electron chi connectivity index (χ1n) is 7.55. The lowest BCUT2D eigenvalue weighted by molar-refractivity contribution is 0.248. The number of rotatable bonds is 4. The van der Waals surface area contributed by atoms with E-state index >= 15 is 0 Å². The highest BCUT2D eigenvalue weighted by atomic mass is 15.3. The molecule has 2 aliphatic rings. The second kappa shape index (κ2) is 5.51. The fourth-order valence-electron chi connectivity index (χ4n) is 2.84. The molecule has 1 atom stereocenters. The van der Waals surface area contributed by atoms with Gasteiger partial charge in [-0.25, -0.2) is 0 Å². The number of nitrogens with zero attached hydrogens (tertiary/aromatic N) is 2. The zero-order valence-electron chi connectivity index (χ0n) is 11.9. The Bertz CT molecular complexity index is 401. The lowest BCUT2D eigenvalue weighted by Gasteiger charge is -2.36. The van der Waals surface area contributed by atoms with Crippen LogP contribution >= 0.6 is 0 Å². The summed E-state index contributed by atoms with van der Waals surface area (Å²) in [5, 5.41) is 0. The monoisotopic (exact) mass is 259 g/mol. The molecule has 1 aromatic carbocycles. The number of hydrogen-bond donors (Lipinski definition) is 1. The smallest absolute Gasteiger partial charge is 0.0367 e. The van der Waals surface area contributed by atoms with Gasteiger partial charge in [0.15, 0.2) is 0 Å². The van der Waals surface area contributed by atoms with Gasteiger partial charge in [0, 0.05) is 44.5 Å². The van der Waals surface area contributed by atoms with Crippen LogP contribution in [0.2, 0.25) is 0 Å². The first-order valence-corrected chi connectivity index (χ1v) is 7.55. The Morgan fingerprint density at radius 3 is 2.26 bits per heavy atom. The summed E-state index contributed by atoms with van der Waals surface area (Å²) >= 11 is 0. The van der Waals surface area contributed by atoms with Crippen LogP contribution in [-0.4, -0.2) is 37.6 Å². The number of benzene rings is 1. The van der Waals surface area contributed by atoms with Gasteiger partial charge >= 0.3 is 0 Å². The van der Waals surface area contributed by atoms with E-state index in [0.29, 0.717) is 0 Å². The van der Waals surface area contributed by atoms with Crippen LogP contribution in [0.4, 0.5) is 5.69 Å². The quantitative estimate of drug-likeness (QED) is 0.900. The molecule has 104 valence electrons. The molecular formula is C16H25N3. The van der Waals surface area contributed by atoms with Crippen molar-refractivity contribution in [2.24, 2.45) is 11.7 Å². The fourth-order valence-corrected chi connectivity index (χ4v) is 2.84. The number of anilines is 1. The van der Waals surface area contributed by atoms with E-state index < -0.39 is 0 Å². The molecule has 3 nitrogen and oxygen atoms in total. The summed E-state index contributed by atoms with van der Waals surface area (Å²) in [5.41, 5.74) is 8.45. The van der Waals surface area contributed by atoms with Crippen molar-refractivity contribution in [3.63, 3.8) is 0 Å². The molecule has 2 N–H and O–H groups in total. The minimum atomic E-state index is 0.129. The van der Waals surface area contributed by atoms with Crippen LogP contribution in [0, 0.1) is 5.92 Å². The average molecular weight is 259 g/mol. The molecule has 1 aromatic rings. The first kappa shape index (κ1) is 12.9. The van der Waals surface area contributed by atoms with Crippen molar-refractivity contribution >= 4 is 5.69 Å². The molecule has 3 rings (SSSR count). The summed E-state index contributed by atoms with van der Waals surface area (Å²) in [6.07, 6.45) is 2.91. The molecule has 0 amide bonds. The Balaban J connectivity index is 1.55. The van der Waals surface area contributed by atoms with Gasteiger partial charge in [0.1, 0.15) is 0 Å². The Kier molecular flexibility index (Phi) is 3.76. The molecule has 0 bridgehead atoms. The lowest BCUT2D eigenvalue weighted by Crippen LogP contribution is -2.47. The standard InChI is InChI=1S/C16H25N3/c1-13(17)15-4-6-16(7-5-15)19-10-8-18(9-11-19)12-14-2-3-14/h4-7,13-14H,2-3,8-12,17H2,1H3/t13-/m0/s1. The molecule has 3 heteroatoms. The van der Waals surface area contributed by atoms with Crippen molar-refractivity contribution < 1.29 is 0 Å². The van der Waals surface area contributed by atoms with Gasteiger partial charge in [-0.1, -0.05) is 12.1 Å². The second-order valence-electron chi connectivity index (χ2n) is 6.11. The number of piperazine rings is 1. The highest BCUT2D eigenvalue weighted by Crippen LogP contribution is 2.30. The topological polar surface area (TPSA) is 32.5 Å². The van der Waals surface area contributed by atoms with Crippen molar-refractivity contribution in [3.8, 4) is 0 Å². The molecule has 0 radical (unpaired) electrons. The highest BCUT2D eigenvalue weighted by molar-refractivity contribution is 5.48. The maximum absolute atomic E-state index is 5.89. The zero-order valence-corrected chi connectivity index (χ0v) is 11.9. The molecule has 0 spiro atoms. The van der Waals surface area contributed by atoms with Gasteiger partial charge in [0.05, 0.1) is 0 Å². The number of hydrogen-bond acceptors (Lipinski definition) is 3. The van der Waals surface area contributed by atoms with E-state index in [4.69, 9.17) is 5.73 Å². The maximum Gasteiger partial charge on any atom is 0.0367 e. The molecule has 1 aliphatic carbocycles. The second-order valence-corrected chi connectivity index (χ2v) is 6.11. The largest absolute Gasteiger partial charge is 0.369 e. The molecule has 1 aliphatic heterocycles. The molecule has 0 unspecified atom stereocenters. The highest BCUT2D eigenvalue weighted by Gasteiger charge is 2.26. The van der Waals surface area contributed by atoms with E-state index in [-0.39, 0.29) is 6.04 Å². The van der Waals surface area contributed by atoms with E-state index in [2.05, 4.69) is 34.1 Å². The summed E-state index contributed by atoms with van der Waals surface area (Å²) < 4.78 is 0. The molecule has 1 saturated carbocycles. The minimum Gasteiger partial charge on any atom is -0.369 e. The van der Waals surface area contributed by atoms with Crippen LogP contribution in [0.3, 0.4) is 0 Å². The average Bonchev–Trinajstić information content (AvgIpc) is 3.24. The fraction of sp³-hybridized carbons (Fsp3) is 0.625. The van der Waals surface area contributed by atoms with E-state index in [1.165, 1.54) is 43.7 Å². The lowest BCUT2D eigenvalue weighted by atomic mass is 10.1. The molecule has 19 heavy (non-hydrogen) atoms. The molecule has 1 heterocycles. The molecular weight excluding hydrogens is 234 g/mol. The van der Waals surface area contributed by atoms with Crippen molar-refractivity contribution in [1.29, 1.82) is 0 Å². The van der Waals surface area contributed by atoms with Crippen LogP contribution in [0.1, 0.15) is 31.4 Å². The predicted molar refractivity (Wildman–Crippen MR) is 80.4 cm³/mol. The molecule has 1 saturated heterocycles. The van der Waals surface area contributed by atoms with Crippen molar-refractivity contribution in [2.45, 2.75) is 25.8 Å². The minimum absolute atomic E-state index is 0.129. The van der Waals surface area contributed by atoms with Gasteiger partial charge < -0.3 is 10.6 Å². The third-order valence-corrected chi connectivity index (χ3v) is 4.37. The van der Waals surface area contributed by atoms with Crippen LogP contribution in [-0.2, 0) is 0 Å². The Labute approximate surface area is 116 Å². The van der Waals surface area contributed by atoms with Crippen molar-refractivity contribution in [1.82, 2.24) is 4.90 Å². The van der Waals surface area contributed by atoms with Crippen molar-refractivity contribution in [3.05, 3.63) is 29.8 Å². The molecule has 0 aromatic heterocycles. The van der Waals surface area contributed by atoms with E-state index in [1.54, 1.807) is 0 Å². The van der Waals surface area contributed by atoms with Gasteiger partial charge in [-0.2, -0.15) is 0 Å². The Hall–Kier alpha value is -1.06. The van der Waals surface area contributed by atoms with Gasteiger partial charge in [0.25, 0.3) is 0 Å². The summed E-state index contributed by atoms with van der Waals surface area (Å²) in [6, 6.07) is 8.89. The summed E-state index contributed by atoms with van der Waals surface area (Å²) in [7, 11) is 0. The van der Waals surface area contributed by atoms with E-state index in [0.717, 1.165) is 19.0 Å². The Morgan fingerprint density at radius 2 is 1.74 bits per heavy atom. The van der Waals surface area contributed by atoms with E-state index in [9.17, 15) is 0 Å². The van der Waals surface area contributed by atoms with Crippen LogP contribution < -0.4 is 10.6 Å². The summed E-state index contributed by atoms with van der Waals surface area (Å²) in [6.45, 7) is 8.11. The molecule has 2 fully saturated rings. The van der Waals surface area contributed by atoms with Gasteiger partial charge in [-0.15, -0.1) is 0 Å². The van der Waals surface area contributed by atoms with E-state index in [1.807, 2.05) is 6.92 Å². The normalized spacial score (nSPS) is 22.5. The third-order valence-electron chi connectivity index (χ3n) is 4.37. The van der Waals surface area contributed by atoms with Gasteiger partial charge in [0.2, 0.25) is 0 Å². The SMILES string of the molecule is C[C@H](N)c1ccc(N2CCN(CC3CC3)CC2)cc1. The van der Waals surface area contributed by atoms with Gasteiger partial charge in [-0.3, -0.25) is 4.90 Å². The van der Waals surface area contributed by atoms with Crippen LogP contribution in [0.25, 0.3) is 0 Å². The first-order chi connectivity index (χ1) is 9.22. The summed E-state index contributed by atoms with van der Waals surface area (Å²) in [4.78, 5) is 5.12. The van der Waals surface area contributed by atoms with Crippen molar-refractivity contribution in [2.75, 3.05) is 37.6 Å². The zero-order chi connectivity index (χ0) is 13.2. The predicted octanol–water partition coefficient (Wildman–Crippen LogP) is 2.24. The van der Waals surface area contributed by atoms with Gasteiger partial charge in [-0.05, 0) is 43.4 Å². The Morgan fingerprint density at radius 1 is 1.11 bits per heavy atom. The maximum atomic E-state index is 5.89. The van der Waals surface area contributed by atoms with Crippen LogP contribution in [0.15, 0.2) is 24.3 Å². The van der Waals surface area contributed by atoms with Crippen LogP contribution in [0.5, 0.6) is 0 Å².